The summed E-state index contributed by atoms with van der Waals surface area (Å²) < 4.78 is 0. The molecular formula is C20H22N2O4. The van der Waals surface area contributed by atoms with Gasteiger partial charge in [0.25, 0.3) is 11.5 Å². The van der Waals surface area contributed by atoms with Crippen molar-refractivity contribution in [3.8, 4) is 0 Å². The molecule has 3 rings (SSSR count). The number of nitrogens with one attached hydrogen (secondary N) is 2. The second kappa shape index (κ2) is 7.99. The third-order valence-electron chi connectivity index (χ3n) is 4.65. The number of H-pyrrole nitrogens is 1. The SMILES string of the molecule is O=C(O)CCc1cccc(NC(=O)c2cc3c([nH]c2=O)CCCCC3)c1. The van der Waals surface area contributed by atoms with Crippen LogP contribution < -0.4 is 10.9 Å². The van der Waals surface area contributed by atoms with Crippen molar-refractivity contribution in [3.05, 3.63) is 63.1 Å². The third kappa shape index (κ3) is 4.39. The zero-order valence-electron chi connectivity index (χ0n) is 14.5. The molecule has 1 aliphatic carbocycles. The minimum absolute atomic E-state index is 0.0297. The van der Waals surface area contributed by atoms with E-state index in [0.717, 1.165) is 48.9 Å². The van der Waals surface area contributed by atoms with Crippen molar-refractivity contribution >= 4 is 17.6 Å². The van der Waals surface area contributed by atoms with E-state index in [0.29, 0.717) is 12.1 Å². The van der Waals surface area contributed by atoms with Crippen molar-refractivity contribution in [2.45, 2.75) is 44.9 Å². The van der Waals surface area contributed by atoms with Gasteiger partial charge in [0.05, 0.1) is 0 Å². The maximum absolute atomic E-state index is 12.6. The van der Waals surface area contributed by atoms with Gasteiger partial charge in [0.15, 0.2) is 0 Å². The van der Waals surface area contributed by atoms with Gasteiger partial charge >= 0.3 is 5.97 Å². The molecule has 0 bridgehead atoms. The number of anilines is 1. The molecule has 1 heterocycles. The topological polar surface area (TPSA) is 99.3 Å². The number of benzene rings is 1. The molecule has 0 saturated heterocycles. The largest absolute Gasteiger partial charge is 0.481 e. The van der Waals surface area contributed by atoms with E-state index < -0.39 is 11.9 Å². The number of hydrogen-bond donors (Lipinski definition) is 3. The van der Waals surface area contributed by atoms with Crippen molar-refractivity contribution in [2.75, 3.05) is 5.32 Å². The maximum Gasteiger partial charge on any atom is 0.303 e. The van der Waals surface area contributed by atoms with Crippen LogP contribution in [0.2, 0.25) is 0 Å². The van der Waals surface area contributed by atoms with Crippen LogP contribution in [0, 0.1) is 0 Å². The van der Waals surface area contributed by atoms with Crippen LogP contribution in [-0.2, 0) is 24.1 Å². The van der Waals surface area contributed by atoms with Crippen molar-refractivity contribution in [3.63, 3.8) is 0 Å². The lowest BCUT2D eigenvalue weighted by molar-refractivity contribution is -0.136. The Balaban J connectivity index is 1.78. The Hall–Kier alpha value is -2.89. The van der Waals surface area contributed by atoms with Crippen molar-refractivity contribution < 1.29 is 14.7 Å². The molecule has 0 atom stereocenters. The number of carboxylic acid groups (broad SMARTS) is 1. The molecular weight excluding hydrogens is 332 g/mol. The highest BCUT2D eigenvalue weighted by Crippen LogP contribution is 2.19. The van der Waals surface area contributed by atoms with E-state index in [1.807, 2.05) is 6.07 Å². The average Bonchev–Trinajstić information content (AvgIpc) is 2.84. The van der Waals surface area contributed by atoms with Crippen LogP contribution in [0.3, 0.4) is 0 Å². The van der Waals surface area contributed by atoms with Crippen LogP contribution in [0.25, 0.3) is 0 Å². The number of pyridine rings is 1. The molecule has 0 saturated carbocycles. The number of fused-ring (bicyclic) bond motifs is 1. The van der Waals surface area contributed by atoms with Gasteiger partial charge in [0.1, 0.15) is 5.56 Å². The fourth-order valence-corrected chi connectivity index (χ4v) is 3.27. The van der Waals surface area contributed by atoms with Crippen LogP contribution in [0.4, 0.5) is 5.69 Å². The standard InChI is InChI=1S/C20H22N2O4/c23-18(24)10-9-13-5-4-7-15(11-13)21-19(25)16-12-14-6-2-1-3-8-17(14)22-20(16)26/h4-5,7,11-12H,1-3,6,8-10H2,(H,21,25)(H,22,26)(H,23,24). The number of aromatic amines is 1. The highest BCUT2D eigenvalue weighted by molar-refractivity contribution is 6.04. The van der Waals surface area contributed by atoms with Gasteiger partial charge < -0.3 is 15.4 Å². The summed E-state index contributed by atoms with van der Waals surface area (Å²) in [5, 5.41) is 11.5. The number of aryl methyl sites for hydroxylation is 3. The van der Waals surface area contributed by atoms with Crippen LogP contribution in [0.5, 0.6) is 0 Å². The molecule has 1 amide bonds. The minimum Gasteiger partial charge on any atom is -0.481 e. The fourth-order valence-electron chi connectivity index (χ4n) is 3.27. The molecule has 1 aliphatic rings. The smallest absolute Gasteiger partial charge is 0.303 e. The summed E-state index contributed by atoms with van der Waals surface area (Å²) in [5.41, 5.74) is 3.10. The van der Waals surface area contributed by atoms with E-state index >= 15 is 0 Å². The van der Waals surface area contributed by atoms with E-state index in [1.54, 1.807) is 24.3 Å². The summed E-state index contributed by atoms with van der Waals surface area (Å²) in [6.45, 7) is 0. The van der Waals surface area contributed by atoms with Gasteiger partial charge in [-0.2, -0.15) is 0 Å². The van der Waals surface area contributed by atoms with E-state index in [1.165, 1.54) is 0 Å². The number of amides is 1. The summed E-state index contributed by atoms with van der Waals surface area (Å²) in [6.07, 6.45) is 5.38. The first-order chi connectivity index (χ1) is 12.5. The second-order valence-electron chi connectivity index (χ2n) is 6.62. The van der Waals surface area contributed by atoms with Crippen LogP contribution in [0.15, 0.2) is 35.1 Å². The molecule has 2 aromatic rings. The average molecular weight is 354 g/mol. The Morgan fingerprint density at radius 3 is 2.73 bits per heavy atom. The van der Waals surface area contributed by atoms with Gasteiger partial charge in [-0.3, -0.25) is 14.4 Å². The number of carbonyl (C=O) groups is 2. The molecule has 26 heavy (non-hydrogen) atoms. The molecule has 0 aliphatic heterocycles. The highest BCUT2D eigenvalue weighted by atomic mass is 16.4. The number of aliphatic carboxylic acids is 1. The third-order valence-corrected chi connectivity index (χ3v) is 4.65. The molecule has 0 fully saturated rings. The molecule has 6 nitrogen and oxygen atoms in total. The normalized spacial score (nSPS) is 13.5. The highest BCUT2D eigenvalue weighted by Gasteiger charge is 2.16. The predicted octanol–water partition coefficient (Wildman–Crippen LogP) is 2.91. The second-order valence-corrected chi connectivity index (χ2v) is 6.62. The number of carbonyl (C=O) groups excluding carboxylic acids is 1. The summed E-state index contributed by atoms with van der Waals surface area (Å²) in [6, 6.07) is 8.74. The first kappa shape index (κ1) is 17.9. The van der Waals surface area contributed by atoms with E-state index in [4.69, 9.17) is 5.11 Å². The van der Waals surface area contributed by atoms with Gasteiger partial charge in [-0.1, -0.05) is 18.6 Å². The molecule has 0 unspecified atom stereocenters. The lowest BCUT2D eigenvalue weighted by Gasteiger charge is -2.10. The van der Waals surface area contributed by atoms with Gasteiger partial charge in [-0.05, 0) is 61.4 Å². The summed E-state index contributed by atoms with van der Waals surface area (Å²) in [5.74, 6) is -1.32. The van der Waals surface area contributed by atoms with E-state index in [2.05, 4.69) is 10.3 Å². The molecule has 1 aromatic heterocycles. The zero-order chi connectivity index (χ0) is 18.5. The quantitative estimate of drug-likeness (QED) is 0.719. The zero-order valence-corrected chi connectivity index (χ0v) is 14.5. The Bertz CT molecular complexity index is 886. The lowest BCUT2D eigenvalue weighted by atomic mass is 10.1. The predicted molar refractivity (Wildman–Crippen MR) is 98.7 cm³/mol. The van der Waals surface area contributed by atoms with Crippen LogP contribution >= 0.6 is 0 Å². The molecule has 136 valence electrons. The van der Waals surface area contributed by atoms with Crippen LogP contribution in [-0.4, -0.2) is 22.0 Å². The first-order valence-electron chi connectivity index (χ1n) is 8.90. The fraction of sp³-hybridized carbons (Fsp3) is 0.350. The number of hydrogen-bond acceptors (Lipinski definition) is 3. The van der Waals surface area contributed by atoms with E-state index in [-0.39, 0.29) is 17.5 Å². The maximum atomic E-state index is 12.6. The number of rotatable bonds is 5. The van der Waals surface area contributed by atoms with Gasteiger partial charge in [0, 0.05) is 17.8 Å². The van der Waals surface area contributed by atoms with Crippen molar-refractivity contribution in [1.82, 2.24) is 4.98 Å². The Morgan fingerprint density at radius 1 is 1.12 bits per heavy atom. The van der Waals surface area contributed by atoms with Gasteiger partial charge in [-0.15, -0.1) is 0 Å². The summed E-state index contributed by atoms with van der Waals surface area (Å²) in [7, 11) is 0. The molecule has 1 aromatic carbocycles. The number of aromatic nitrogens is 1. The van der Waals surface area contributed by atoms with Gasteiger partial charge in [-0.25, -0.2) is 0 Å². The Morgan fingerprint density at radius 2 is 1.92 bits per heavy atom. The van der Waals surface area contributed by atoms with Gasteiger partial charge in [0.2, 0.25) is 0 Å². The minimum atomic E-state index is -0.865. The van der Waals surface area contributed by atoms with Crippen molar-refractivity contribution in [2.24, 2.45) is 0 Å². The molecule has 6 heteroatoms. The Labute approximate surface area is 151 Å². The Kier molecular flexibility index (Phi) is 5.51. The molecule has 0 spiro atoms. The monoisotopic (exact) mass is 354 g/mol. The van der Waals surface area contributed by atoms with E-state index in [9.17, 15) is 14.4 Å². The number of carboxylic acids is 1. The molecule has 0 radical (unpaired) electrons. The first-order valence-corrected chi connectivity index (χ1v) is 8.90. The van der Waals surface area contributed by atoms with Crippen LogP contribution in [0.1, 0.15) is 52.9 Å². The summed E-state index contributed by atoms with van der Waals surface area (Å²) in [4.78, 5) is 38.4. The van der Waals surface area contributed by atoms with Crippen molar-refractivity contribution in [1.29, 1.82) is 0 Å². The molecule has 3 N–H and O–H groups in total. The summed E-state index contributed by atoms with van der Waals surface area (Å²) >= 11 is 0. The lowest BCUT2D eigenvalue weighted by Crippen LogP contribution is -2.25.